The normalized spacial score (nSPS) is 10.6. The number of nitrogens with zero attached hydrogens (tertiary/aromatic N) is 1. The summed E-state index contributed by atoms with van der Waals surface area (Å²) < 4.78 is 35.7. The van der Waals surface area contributed by atoms with Crippen molar-refractivity contribution in [3.05, 3.63) is 46.7 Å². The summed E-state index contributed by atoms with van der Waals surface area (Å²) in [5.74, 6) is -0.319. The van der Waals surface area contributed by atoms with Gasteiger partial charge in [0.05, 0.1) is 19.8 Å². The van der Waals surface area contributed by atoms with Crippen molar-refractivity contribution in [3.8, 4) is 16.9 Å². The van der Waals surface area contributed by atoms with Gasteiger partial charge in [-0.25, -0.2) is 18.6 Å². The monoisotopic (exact) mass is 327 g/mol. The molecule has 2 rings (SSSR count). The Bertz CT molecular complexity index is 707. The van der Waals surface area contributed by atoms with Gasteiger partial charge in [0.15, 0.2) is 0 Å². The van der Waals surface area contributed by atoms with Crippen molar-refractivity contribution in [2.45, 2.75) is 6.43 Å². The number of rotatable bonds is 4. The number of esters is 1. The van der Waals surface area contributed by atoms with Gasteiger partial charge in [-0.05, 0) is 24.3 Å². The van der Waals surface area contributed by atoms with Gasteiger partial charge in [0.25, 0.3) is 6.43 Å². The number of ether oxygens (including phenoxy) is 2. The predicted octanol–water partition coefficient (Wildman–Crippen LogP) is 4.13. The molecule has 0 aliphatic rings. The molecule has 1 aromatic heterocycles. The van der Waals surface area contributed by atoms with E-state index in [-0.39, 0.29) is 16.3 Å². The summed E-state index contributed by atoms with van der Waals surface area (Å²) in [6.45, 7) is 0. The summed E-state index contributed by atoms with van der Waals surface area (Å²) in [6, 6.07) is 5.32. The van der Waals surface area contributed by atoms with Gasteiger partial charge in [0, 0.05) is 22.9 Å². The minimum Gasteiger partial charge on any atom is -0.496 e. The van der Waals surface area contributed by atoms with Crippen molar-refractivity contribution < 1.29 is 23.0 Å². The van der Waals surface area contributed by atoms with Crippen molar-refractivity contribution in [2.24, 2.45) is 0 Å². The van der Waals surface area contributed by atoms with Crippen LogP contribution in [0.4, 0.5) is 8.78 Å². The number of hydrogen-bond donors (Lipinski definition) is 0. The van der Waals surface area contributed by atoms with Gasteiger partial charge in [-0.1, -0.05) is 11.6 Å². The van der Waals surface area contributed by atoms with Crippen LogP contribution in [0.5, 0.6) is 5.75 Å². The fourth-order valence-electron chi connectivity index (χ4n) is 2.00. The molecule has 0 aliphatic heterocycles. The highest BCUT2D eigenvalue weighted by Gasteiger charge is 2.19. The number of methoxy groups -OCH3 is 2. The maximum Gasteiger partial charge on any atom is 0.340 e. The van der Waals surface area contributed by atoms with Gasteiger partial charge in [0.1, 0.15) is 10.9 Å². The van der Waals surface area contributed by atoms with Crippen LogP contribution in [0, 0.1) is 0 Å². The van der Waals surface area contributed by atoms with Gasteiger partial charge in [-0.3, -0.25) is 0 Å². The topological polar surface area (TPSA) is 48.4 Å². The minimum atomic E-state index is -2.65. The van der Waals surface area contributed by atoms with E-state index in [0.29, 0.717) is 16.9 Å². The molecule has 0 saturated heterocycles. The highest BCUT2D eigenvalue weighted by Crippen LogP contribution is 2.36. The fraction of sp³-hybridized carbons (Fsp3) is 0.200. The Morgan fingerprint density at radius 2 is 1.95 bits per heavy atom. The molecular formula is C15H12ClF2NO3. The van der Waals surface area contributed by atoms with Crippen LogP contribution in [0.25, 0.3) is 11.1 Å². The van der Waals surface area contributed by atoms with Gasteiger partial charge >= 0.3 is 5.97 Å². The lowest BCUT2D eigenvalue weighted by Crippen LogP contribution is -2.05. The van der Waals surface area contributed by atoms with Crippen LogP contribution in [-0.4, -0.2) is 25.2 Å². The number of aromatic nitrogens is 1. The summed E-state index contributed by atoms with van der Waals surface area (Å²) in [5, 5.41) is 0.118. The number of benzene rings is 1. The summed E-state index contributed by atoms with van der Waals surface area (Å²) in [4.78, 5) is 15.7. The van der Waals surface area contributed by atoms with Crippen LogP contribution in [0.2, 0.25) is 5.15 Å². The van der Waals surface area contributed by atoms with Gasteiger partial charge in [-0.15, -0.1) is 0 Å². The predicted molar refractivity (Wildman–Crippen MR) is 77.5 cm³/mol. The van der Waals surface area contributed by atoms with Crippen LogP contribution in [0.15, 0.2) is 30.5 Å². The molecule has 0 fully saturated rings. The van der Waals surface area contributed by atoms with E-state index >= 15 is 0 Å². The zero-order chi connectivity index (χ0) is 16.3. The van der Waals surface area contributed by atoms with Crippen LogP contribution in [0.3, 0.4) is 0 Å². The van der Waals surface area contributed by atoms with Crippen molar-refractivity contribution in [1.29, 1.82) is 0 Å². The summed E-state index contributed by atoms with van der Waals surface area (Å²) >= 11 is 5.86. The van der Waals surface area contributed by atoms with Crippen molar-refractivity contribution in [1.82, 2.24) is 4.98 Å². The quantitative estimate of drug-likeness (QED) is 0.625. The third-order valence-electron chi connectivity index (χ3n) is 3.04. The molecule has 0 N–H and O–H groups in total. The highest BCUT2D eigenvalue weighted by molar-refractivity contribution is 6.29. The molecular weight excluding hydrogens is 316 g/mol. The number of carbonyl (C=O) groups is 1. The zero-order valence-electron chi connectivity index (χ0n) is 11.8. The molecule has 22 heavy (non-hydrogen) atoms. The van der Waals surface area contributed by atoms with E-state index in [2.05, 4.69) is 9.72 Å². The SMILES string of the molecule is COC(=O)c1cnc(Cl)cc1-c1cc(C(F)F)ccc1OC. The van der Waals surface area contributed by atoms with Gasteiger partial charge < -0.3 is 9.47 Å². The van der Waals surface area contributed by atoms with Crippen molar-refractivity contribution in [2.75, 3.05) is 14.2 Å². The molecule has 7 heteroatoms. The molecule has 0 saturated carbocycles. The Morgan fingerprint density at radius 1 is 1.23 bits per heavy atom. The fourth-order valence-corrected chi connectivity index (χ4v) is 2.16. The minimum absolute atomic E-state index is 0.108. The largest absolute Gasteiger partial charge is 0.496 e. The van der Waals surface area contributed by atoms with E-state index in [9.17, 15) is 13.6 Å². The van der Waals surface area contributed by atoms with Crippen LogP contribution in [-0.2, 0) is 4.74 Å². The number of alkyl halides is 2. The second-order valence-electron chi connectivity index (χ2n) is 4.30. The first kappa shape index (κ1) is 16.2. The summed E-state index contributed by atoms with van der Waals surface area (Å²) in [7, 11) is 2.62. The van der Waals surface area contributed by atoms with Gasteiger partial charge in [0.2, 0.25) is 0 Å². The average Bonchev–Trinajstić information content (AvgIpc) is 2.53. The third-order valence-corrected chi connectivity index (χ3v) is 3.25. The average molecular weight is 328 g/mol. The first-order valence-corrected chi connectivity index (χ1v) is 6.56. The number of hydrogen-bond acceptors (Lipinski definition) is 4. The number of halogens is 3. The molecule has 0 radical (unpaired) electrons. The van der Waals surface area contributed by atoms with Crippen LogP contribution in [0.1, 0.15) is 22.3 Å². The summed E-state index contributed by atoms with van der Waals surface area (Å²) in [5.41, 5.74) is 0.535. The maximum absolute atomic E-state index is 12.9. The molecule has 0 spiro atoms. The molecule has 0 aliphatic carbocycles. The lowest BCUT2D eigenvalue weighted by Gasteiger charge is -2.13. The zero-order valence-corrected chi connectivity index (χ0v) is 12.5. The third kappa shape index (κ3) is 3.17. The molecule has 4 nitrogen and oxygen atoms in total. The van der Waals surface area contributed by atoms with E-state index in [1.54, 1.807) is 0 Å². The van der Waals surface area contributed by atoms with E-state index in [1.807, 2.05) is 0 Å². The first-order valence-electron chi connectivity index (χ1n) is 6.18. The lowest BCUT2D eigenvalue weighted by molar-refractivity contribution is 0.0601. The Morgan fingerprint density at radius 3 is 2.55 bits per heavy atom. The Kier molecular flexibility index (Phi) is 4.92. The standard InChI is InChI=1S/C15H12ClF2NO3/c1-21-12-4-3-8(14(17)18)5-10(12)9-6-13(16)19-7-11(9)15(20)22-2/h3-7,14H,1-2H3. The number of pyridine rings is 1. The Balaban J connectivity index is 2.71. The second-order valence-corrected chi connectivity index (χ2v) is 4.69. The highest BCUT2D eigenvalue weighted by atomic mass is 35.5. The van der Waals surface area contributed by atoms with Gasteiger partial charge in [-0.2, -0.15) is 0 Å². The molecule has 0 bridgehead atoms. The van der Waals surface area contributed by atoms with E-state index in [0.717, 1.165) is 0 Å². The Hall–Kier alpha value is -2.21. The van der Waals surface area contributed by atoms with Crippen LogP contribution >= 0.6 is 11.6 Å². The number of carbonyl (C=O) groups excluding carboxylic acids is 1. The first-order chi connectivity index (χ1) is 10.5. The van der Waals surface area contributed by atoms with Crippen LogP contribution < -0.4 is 4.74 Å². The lowest BCUT2D eigenvalue weighted by atomic mass is 9.98. The molecule has 1 heterocycles. The molecule has 0 unspecified atom stereocenters. The second kappa shape index (κ2) is 6.70. The smallest absolute Gasteiger partial charge is 0.340 e. The summed E-state index contributed by atoms with van der Waals surface area (Å²) in [6.07, 6.45) is -1.42. The molecule has 1 aromatic carbocycles. The molecule has 2 aromatic rings. The Labute approximate surface area is 130 Å². The van der Waals surface area contributed by atoms with E-state index in [4.69, 9.17) is 16.3 Å². The molecule has 0 atom stereocenters. The molecule has 0 amide bonds. The maximum atomic E-state index is 12.9. The van der Waals surface area contributed by atoms with Crippen molar-refractivity contribution in [3.63, 3.8) is 0 Å². The van der Waals surface area contributed by atoms with Crippen molar-refractivity contribution >= 4 is 17.6 Å². The van der Waals surface area contributed by atoms with E-state index in [1.165, 1.54) is 44.7 Å². The van der Waals surface area contributed by atoms with E-state index < -0.39 is 12.4 Å². The molecule has 116 valence electrons.